The van der Waals surface area contributed by atoms with Gasteiger partial charge in [0.2, 0.25) is 0 Å². The standard InChI is InChI=1S/C33H39N5O2/c1-21-16-26(10-7-23(21)19-34)40-31-32(2,3)30(33(31,4)5)38-20-28-27(29(38)39)11-9-24(36-28)8-6-22-17-25(18-22)37-14-12-35-13-15-37/h7,9-11,16,22,25,30-31,35H,12-15,17-18,20H2,1-5H3. The average Bonchev–Trinajstić information content (AvgIpc) is 3.21. The first-order chi connectivity index (χ1) is 19.1. The van der Waals surface area contributed by atoms with Gasteiger partial charge in [0.15, 0.2) is 0 Å². The molecule has 0 radical (unpaired) electrons. The number of nitrogens with one attached hydrogen (secondary N) is 1. The van der Waals surface area contributed by atoms with Crippen LogP contribution in [0.25, 0.3) is 0 Å². The van der Waals surface area contributed by atoms with Gasteiger partial charge in [-0.3, -0.25) is 9.69 Å². The minimum absolute atomic E-state index is 0.00221. The molecule has 7 heteroatoms. The molecule has 6 rings (SSSR count). The maximum Gasteiger partial charge on any atom is 0.256 e. The second-order valence-corrected chi connectivity index (χ2v) is 13.1. The summed E-state index contributed by atoms with van der Waals surface area (Å²) < 4.78 is 6.51. The van der Waals surface area contributed by atoms with Gasteiger partial charge < -0.3 is 15.0 Å². The molecule has 1 aromatic carbocycles. The van der Waals surface area contributed by atoms with Gasteiger partial charge >= 0.3 is 0 Å². The van der Waals surface area contributed by atoms with E-state index in [1.54, 1.807) is 0 Å². The number of benzene rings is 1. The quantitative estimate of drug-likeness (QED) is 0.591. The van der Waals surface area contributed by atoms with Crippen molar-refractivity contribution in [3.8, 4) is 23.7 Å². The van der Waals surface area contributed by atoms with Crippen molar-refractivity contribution >= 4 is 5.91 Å². The summed E-state index contributed by atoms with van der Waals surface area (Å²) in [6.45, 7) is 15.6. The first kappa shape index (κ1) is 26.8. The maximum atomic E-state index is 13.6. The number of fused-ring (bicyclic) bond motifs is 1. The molecule has 1 aromatic heterocycles. The van der Waals surface area contributed by atoms with Gasteiger partial charge in [0, 0.05) is 55.0 Å². The number of hydrogen-bond acceptors (Lipinski definition) is 6. The normalized spacial score (nSPS) is 28.4. The summed E-state index contributed by atoms with van der Waals surface area (Å²) in [5.41, 5.74) is 3.28. The summed E-state index contributed by atoms with van der Waals surface area (Å²) in [6, 6.07) is 12.3. The van der Waals surface area contributed by atoms with Gasteiger partial charge in [0.25, 0.3) is 5.91 Å². The number of ether oxygens (including phenoxy) is 1. The van der Waals surface area contributed by atoms with Crippen LogP contribution in [-0.4, -0.2) is 65.1 Å². The molecular weight excluding hydrogens is 498 g/mol. The van der Waals surface area contributed by atoms with Crippen molar-refractivity contribution in [2.45, 2.75) is 72.2 Å². The molecule has 3 fully saturated rings. The van der Waals surface area contributed by atoms with Crippen LogP contribution in [0.1, 0.15) is 73.4 Å². The van der Waals surface area contributed by atoms with E-state index in [1.165, 1.54) is 0 Å². The molecule has 7 nitrogen and oxygen atoms in total. The van der Waals surface area contributed by atoms with E-state index in [9.17, 15) is 10.1 Å². The number of pyridine rings is 1. The van der Waals surface area contributed by atoms with E-state index in [4.69, 9.17) is 9.72 Å². The molecule has 0 spiro atoms. The van der Waals surface area contributed by atoms with E-state index in [2.05, 4.69) is 55.8 Å². The van der Waals surface area contributed by atoms with Crippen LogP contribution in [-0.2, 0) is 6.54 Å². The number of aryl methyl sites for hydroxylation is 1. The molecule has 3 heterocycles. The number of nitrogens with zero attached hydrogens (tertiary/aromatic N) is 4. The molecule has 2 aliphatic heterocycles. The van der Waals surface area contributed by atoms with Crippen LogP contribution in [0.2, 0.25) is 0 Å². The van der Waals surface area contributed by atoms with Crippen molar-refractivity contribution < 1.29 is 9.53 Å². The minimum atomic E-state index is -0.267. The lowest BCUT2D eigenvalue weighted by molar-refractivity contribution is -0.199. The van der Waals surface area contributed by atoms with Crippen molar-refractivity contribution in [2.75, 3.05) is 26.2 Å². The first-order valence-electron chi connectivity index (χ1n) is 14.5. The molecule has 40 heavy (non-hydrogen) atoms. The number of rotatable bonds is 4. The lowest BCUT2D eigenvalue weighted by Crippen LogP contribution is -2.74. The number of nitriles is 1. The third-order valence-electron chi connectivity index (χ3n) is 9.62. The van der Waals surface area contributed by atoms with Crippen LogP contribution in [0.3, 0.4) is 0 Å². The number of aromatic nitrogens is 1. The Labute approximate surface area is 237 Å². The van der Waals surface area contributed by atoms with Crippen LogP contribution in [0.5, 0.6) is 5.75 Å². The van der Waals surface area contributed by atoms with Gasteiger partial charge in [-0.25, -0.2) is 4.98 Å². The molecule has 1 amide bonds. The van der Waals surface area contributed by atoms with Gasteiger partial charge in [-0.05, 0) is 61.6 Å². The van der Waals surface area contributed by atoms with Crippen LogP contribution >= 0.6 is 0 Å². The summed E-state index contributed by atoms with van der Waals surface area (Å²) in [4.78, 5) is 23.0. The molecule has 0 bridgehead atoms. The summed E-state index contributed by atoms with van der Waals surface area (Å²) in [5, 5.41) is 12.7. The third kappa shape index (κ3) is 4.46. The highest BCUT2D eigenvalue weighted by Gasteiger charge is 2.67. The number of piperazine rings is 1. The summed E-state index contributed by atoms with van der Waals surface area (Å²) in [6.07, 6.45) is 2.19. The molecule has 2 saturated carbocycles. The van der Waals surface area contributed by atoms with E-state index in [0.29, 0.717) is 29.6 Å². The zero-order chi connectivity index (χ0) is 28.2. The lowest BCUT2D eigenvalue weighted by Gasteiger charge is -2.65. The van der Waals surface area contributed by atoms with Gasteiger partial charge in [-0.1, -0.05) is 33.6 Å². The smallest absolute Gasteiger partial charge is 0.256 e. The fourth-order valence-electron chi connectivity index (χ4n) is 7.90. The Bertz CT molecular complexity index is 1420. The molecule has 1 saturated heterocycles. The van der Waals surface area contributed by atoms with E-state index < -0.39 is 0 Å². The van der Waals surface area contributed by atoms with Crippen LogP contribution in [0, 0.1) is 46.8 Å². The third-order valence-corrected chi connectivity index (χ3v) is 9.62. The Morgan fingerprint density at radius 2 is 1.80 bits per heavy atom. The van der Waals surface area contributed by atoms with Crippen molar-refractivity contribution in [3.63, 3.8) is 0 Å². The van der Waals surface area contributed by atoms with Gasteiger partial charge in [0.05, 0.1) is 29.4 Å². The zero-order valence-corrected chi connectivity index (χ0v) is 24.3. The summed E-state index contributed by atoms with van der Waals surface area (Å²) in [7, 11) is 0. The summed E-state index contributed by atoms with van der Waals surface area (Å²) in [5.74, 6) is 7.98. The highest BCUT2D eigenvalue weighted by atomic mass is 16.5. The lowest BCUT2D eigenvalue weighted by atomic mass is 9.49. The highest BCUT2D eigenvalue weighted by Crippen LogP contribution is 2.59. The fraction of sp³-hybridized carbons (Fsp3) is 0.545. The van der Waals surface area contributed by atoms with E-state index in [1.807, 2.05) is 42.2 Å². The largest absolute Gasteiger partial charge is 0.489 e. The van der Waals surface area contributed by atoms with Crippen molar-refractivity contribution in [1.82, 2.24) is 20.1 Å². The molecule has 1 N–H and O–H groups in total. The van der Waals surface area contributed by atoms with Crippen molar-refractivity contribution in [3.05, 3.63) is 58.4 Å². The second kappa shape index (κ2) is 9.91. The average molecular weight is 538 g/mol. The number of amides is 1. The first-order valence-corrected chi connectivity index (χ1v) is 14.5. The Morgan fingerprint density at radius 1 is 1.07 bits per heavy atom. The van der Waals surface area contributed by atoms with Crippen LogP contribution in [0.4, 0.5) is 0 Å². The Kier molecular flexibility index (Phi) is 6.64. The second-order valence-electron chi connectivity index (χ2n) is 13.1. The van der Waals surface area contributed by atoms with Crippen molar-refractivity contribution in [1.29, 1.82) is 5.26 Å². The maximum absolute atomic E-state index is 13.6. The van der Waals surface area contributed by atoms with E-state index in [-0.39, 0.29) is 28.9 Å². The minimum Gasteiger partial charge on any atom is -0.489 e. The van der Waals surface area contributed by atoms with E-state index in [0.717, 1.165) is 61.7 Å². The Balaban J connectivity index is 1.12. The Morgan fingerprint density at radius 3 is 2.48 bits per heavy atom. The predicted molar refractivity (Wildman–Crippen MR) is 154 cm³/mol. The number of carbonyl (C=O) groups is 1. The fourth-order valence-corrected chi connectivity index (χ4v) is 7.90. The number of hydrogen-bond donors (Lipinski definition) is 1. The van der Waals surface area contributed by atoms with Crippen LogP contribution in [0.15, 0.2) is 30.3 Å². The molecule has 2 aliphatic carbocycles. The SMILES string of the molecule is Cc1cc(OC2C(C)(C)C(N3Cc4nc(C#CC5CC(N6CCNCC6)C5)ccc4C3=O)C2(C)C)ccc1C#N. The molecule has 208 valence electrons. The zero-order valence-electron chi connectivity index (χ0n) is 24.3. The molecule has 4 aliphatic rings. The highest BCUT2D eigenvalue weighted by molar-refractivity contribution is 5.98. The van der Waals surface area contributed by atoms with Gasteiger partial charge in [-0.15, -0.1) is 0 Å². The molecule has 0 unspecified atom stereocenters. The van der Waals surface area contributed by atoms with E-state index >= 15 is 0 Å². The van der Waals surface area contributed by atoms with Gasteiger partial charge in [0.1, 0.15) is 17.5 Å². The number of carbonyl (C=O) groups excluding carboxylic acids is 1. The topological polar surface area (TPSA) is 81.5 Å². The predicted octanol–water partition coefficient (Wildman–Crippen LogP) is 4.14. The molecular formula is C33H39N5O2. The molecule has 2 aromatic rings. The summed E-state index contributed by atoms with van der Waals surface area (Å²) >= 11 is 0. The van der Waals surface area contributed by atoms with Crippen molar-refractivity contribution in [2.24, 2.45) is 16.7 Å². The van der Waals surface area contributed by atoms with Gasteiger partial charge in [-0.2, -0.15) is 5.26 Å². The monoisotopic (exact) mass is 537 g/mol. The van der Waals surface area contributed by atoms with Crippen LogP contribution < -0.4 is 10.1 Å². The Hall–Kier alpha value is -3.39. The molecule has 0 atom stereocenters.